The molecule has 0 saturated heterocycles. The molecule has 21 heavy (non-hydrogen) atoms. The van der Waals surface area contributed by atoms with E-state index in [-0.39, 0.29) is 5.38 Å². The van der Waals surface area contributed by atoms with Gasteiger partial charge in [0.05, 0.1) is 16.4 Å². The molecule has 0 fully saturated rings. The molecule has 2 aromatic carbocycles. The van der Waals surface area contributed by atoms with Crippen molar-refractivity contribution in [3.05, 3.63) is 58.9 Å². The fourth-order valence-electron chi connectivity index (χ4n) is 2.49. The average Bonchev–Trinajstić information content (AvgIpc) is 2.86. The highest BCUT2D eigenvalue weighted by Gasteiger charge is 2.16. The number of aromatic nitrogens is 2. The van der Waals surface area contributed by atoms with Crippen LogP contribution < -0.4 is 0 Å². The highest BCUT2D eigenvalue weighted by molar-refractivity contribution is 6.31. The Hall–Kier alpha value is -1.51. The highest BCUT2D eigenvalue weighted by atomic mass is 35.5. The van der Waals surface area contributed by atoms with Crippen molar-refractivity contribution < 1.29 is 0 Å². The summed E-state index contributed by atoms with van der Waals surface area (Å²) in [6.45, 7) is 4.08. The number of aryl methyl sites for hydroxylation is 1. The Labute approximate surface area is 134 Å². The van der Waals surface area contributed by atoms with Gasteiger partial charge in [0.2, 0.25) is 0 Å². The molecule has 0 aliphatic rings. The zero-order chi connectivity index (χ0) is 15.0. The number of alkyl halides is 1. The van der Waals surface area contributed by atoms with Crippen LogP contribution in [-0.2, 0) is 6.42 Å². The number of hydrogen-bond donors (Lipinski definition) is 0. The van der Waals surface area contributed by atoms with E-state index < -0.39 is 0 Å². The van der Waals surface area contributed by atoms with Gasteiger partial charge in [-0.15, -0.1) is 11.6 Å². The molecule has 0 saturated carbocycles. The number of hydrogen-bond acceptors (Lipinski definition) is 1. The van der Waals surface area contributed by atoms with Gasteiger partial charge in [-0.1, -0.05) is 30.7 Å². The fourth-order valence-corrected chi connectivity index (χ4v) is 2.80. The van der Waals surface area contributed by atoms with E-state index >= 15 is 0 Å². The van der Waals surface area contributed by atoms with Crippen molar-refractivity contribution in [2.75, 3.05) is 0 Å². The number of halogens is 2. The zero-order valence-electron chi connectivity index (χ0n) is 12.0. The van der Waals surface area contributed by atoms with Crippen LogP contribution in [-0.4, -0.2) is 9.55 Å². The van der Waals surface area contributed by atoms with Gasteiger partial charge in [-0.05, 0) is 49.2 Å². The van der Waals surface area contributed by atoms with E-state index in [1.54, 1.807) is 0 Å². The quantitative estimate of drug-likeness (QED) is 0.579. The minimum atomic E-state index is -0.179. The first-order valence-corrected chi connectivity index (χ1v) is 7.83. The van der Waals surface area contributed by atoms with Gasteiger partial charge in [0.1, 0.15) is 5.82 Å². The lowest BCUT2D eigenvalue weighted by molar-refractivity contribution is 0.882. The third-order valence-electron chi connectivity index (χ3n) is 3.60. The topological polar surface area (TPSA) is 17.8 Å². The molecule has 1 atom stereocenters. The average molecular weight is 319 g/mol. The van der Waals surface area contributed by atoms with Crippen LogP contribution in [0.3, 0.4) is 0 Å². The Morgan fingerprint density at radius 1 is 1.14 bits per heavy atom. The minimum Gasteiger partial charge on any atom is -0.295 e. The Balaban J connectivity index is 2.25. The number of benzene rings is 2. The molecule has 0 N–H and O–H groups in total. The molecule has 0 bridgehead atoms. The third-order valence-corrected chi connectivity index (χ3v) is 4.03. The highest BCUT2D eigenvalue weighted by Crippen LogP contribution is 2.29. The summed E-state index contributed by atoms with van der Waals surface area (Å²) in [5.41, 5.74) is 4.27. The van der Waals surface area contributed by atoms with Gasteiger partial charge >= 0.3 is 0 Å². The molecule has 3 aromatic rings. The smallest absolute Gasteiger partial charge is 0.132 e. The maximum Gasteiger partial charge on any atom is 0.132 e. The first-order valence-electron chi connectivity index (χ1n) is 7.01. The first-order chi connectivity index (χ1) is 10.1. The summed E-state index contributed by atoms with van der Waals surface area (Å²) >= 11 is 12.4. The lowest BCUT2D eigenvalue weighted by Gasteiger charge is -2.11. The van der Waals surface area contributed by atoms with Crippen LogP contribution >= 0.6 is 23.2 Å². The molecule has 0 aliphatic carbocycles. The maximum absolute atomic E-state index is 6.31. The molecule has 4 heteroatoms. The van der Waals surface area contributed by atoms with Gasteiger partial charge in [-0.3, -0.25) is 4.57 Å². The summed E-state index contributed by atoms with van der Waals surface area (Å²) in [5.74, 6) is 0.832. The van der Waals surface area contributed by atoms with Crippen LogP contribution in [0.4, 0.5) is 0 Å². The van der Waals surface area contributed by atoms with Crippen molar-refractivity contribution in [2.24, 2.45) is 0 Å². The fraction of sp³-hybridized carbons (Fsp3) is 0.235. The van der Waals surface area contributed by atoms with E-state index in [0.29, 0.717) is 5.02 Å². The van der Waals surface area contributed by atoms with E-state index in [9.17, 15) is 0 Å². The summed E-state index contributed by atoms with van der Waals surface area (Å²) in [4.78, 5) is 4.64. The lowest BCUT2D eigenvalue weighted by Crippen LogP contribution is -2.02. The van der Waals surface area contributed by atoms with Crippen molar-refractivity contribution in [3.8, 4) is 5.69 Å². The second-order valence-electron chi connectivity index (χ2n) is 5.07. The Bertz CT molecular complexity index is 773. The van der Waals surface area contributed by atoms with Gasteiger partial charge in [0, 0.05) is 10.7 Å². The second-order valence-corrected chi connectivity index (χ2v) is 6.17. The first kappa shape index (κ1) is 14.4. The van der Waals surface area contributed by atoms with Gasteiger partial charge in [-0.25, -0.2) is 4.98 Å². The van der Waals surface area contributed by atoms with Crippen LogP contribution in [0.5, 0.6) is 0 Å². The van der Waals surface area contributed by atoms with Crippen LogP contribution in [0.25, 0.3) is 16.7 Å². The summed E-state index contributed by atoms with van der Waals surface area (Å²) in [6.07, 6.45) is 1.03. The van der Waals surface area contributed by atoms with E-state index in [4.69, 9.17) is 23.2 Å². The van der Waals surface area contributed by atoms with Crippen LogP contribution in [0.2, 0.25) is 5.02 Å². The van der Waals surface area contributed by atoms with Gasteiger partial charge in [0.15, 0.2) is 0 Å². The molecule has 1 aromatic heterocycles. The summed E-state index contributed by atoms with van der Waals surface area (Å²) in [5, 5.41) is 0.504. The molecule has 0 spiro atoms. The van der Waals surface area contributed by atoms with Crippen LogP contribution in [0.15, 0.2) is 42.5 Å². The van der Waals surface area contributed by atoms with Crippen molar-refractivity contribution >= 4 is 34.2 Å². The van der Waals surface area contributed by atoms with Crippen molar-refractivity contribution in [2.45, 2.75) is 25.6 Å². The van der Waals surface area contributed by atoms with E-state index in [0.717, 1.165) is 29.0 Å². The summed E-state index contributed by atoms with van der Waals surface area (Å²) in [6, 6.07) is 14.2. The standard InChI is InChI=1S/C17H16Cl2N2/c1-3-12-4-7-14(8-5-12)21-16-9-6-13(19)10-15(16)20-17(21)11(2)18/h4-11H,3H2,1-2H3. The maximum atomic E-state index is 6.31. The van der Waals surface area contributed by atoms with Crippen molar-refractivity contribution in [3.63, 3.8) is 0 Å². The predicted octanol–water partition coefficient (Wildman–Crippen LogP) is 5.54. The van der Waals surface area contributed by atoms with Crippen molar-refractivity contribution in [1.82, 2.24) is 9.55 Å². The predicted molar refractivity (Wildman–Crippen MR) is 89.7 cm³/mol. The zero-order valence-corrected chi connectivity index (χ0v) is 13.5. The second kappa shape index (κ2) is 5.70. The molecular weight excluding hydrogens is 303 g/mol. The van der Waals surface area contributed by atoms with E-state index in [1.165, 1.54) is 5.56 Å². The number of imidazole rings is 1. The Morgan fingerprint density at radius 3 is 2.48 bits per heavy atom. The molecule has 1 unspecified atom stereocenters. The largest absolute Gasteiger partial charge is 0.295 e. The molecule has 2 nitrogen and oxygen atoms in total. The van der Waals surface area contributed by atoms with Crippen LogP contribution in [0.1, 0.15) is 30.6 Å². The normalized spacial score (nSPS) is 12.8. The molecule has 0 aliphatic heterocycles. The van der Waals surface area contributed by atoms with Gasteiger partial charge < -0.3 is 0 Å². The molecular formula is C17H16Cl2N2. The summed E-state index contributed by atoms with van der Waals surface area (Å²) in [7, 11) is 0. The van der Waals surface area contributed by atoms with Gasteiger partial charge in [-0.2, -0.15) is 0 Å². The van der Waals surface area contributed by atoms with Crippen LogP contribution in [0, 0.1) is 0 Å². The van der Waals surface area contributed by atoms with E-state index in [2.05, 4.69) is 40.7 Å². The molecule has 1 heterocycles. The number of nitrogens with zero attached hydrogens (tertiary/aromatic N) is 2. The summed E-state index contributed by atoms with van der Waals surface area (Å²) < 4.78 is 2.10. The number of rotatable bonds is 3. The molecule has 0 radical (unpaired) electrons. The minimum absolute atomic E-state index is 0.179. The number of fused-ring (bicyclic) bond motifs is 1. The molecule has 0 amide bonds. The van der Waals surface area contributed by atoms with Crippen molar-refractivity contribution in [1.29, 1.82) is 0 Å². The SMILES string of the molecule is CCc1ccc(-n2c(C(C)Cl)nc3cc(Cl)ccc32)cc1. The lowest BCUT2D eigenvalue weighted by atomic mass is 10.1. The Morgan fingerprint density at radius 2 is 1.86 bits per heavy atom. The molecule has 108 valence electrons. The molecule has 3 rings (SSSR count). The third kappa shape index (κ3) is 2.66. The Kier molecular flexibility index (Phi) is 3.92. The van der Waals surface area contributed by atoms with Gasteiger partial charge in [0.25, 0.3) is 0 Å². The monoisotopic (exact) mass is 318 g/mol. The van der Waals surface area contributed by atoms with E-state index in [1.807, 2.05) is 25.1 Å².